The molecule has 0 aliphatic carbocycles. The fourth-order valence-corrected chi connectivity index (χ4v) is 3.58. The van der Waals surface area contributed by atoms with Crippen molar-refractivity contribution in [1.29, 1.82) is 0 Å². The highest BCUT2D eigenvalue weighted by Crippen LogP contribution is 2.12. The van der Waals surface area contributed by atoms with Crippen LogP contribution in [0.15, 0.2) is 18.5 Å². The van der Waals surface area contributed by atoms with Crippen molar-refractivity contribution in [2.24, 2.45) is 0 Å². The van der Waals surface area contributed by atoms with Crippen LogP contribution in [0, 0.1) is 0 Å². The molecule has 1 aromatic heterocycles. The van der Waals surface area contributed by atoms with E-state index in [4.69, 9.17) is 0 Å². The fraction of sp³-hybridized carbons (Fsp3) is 0.692. The lowest BCUT2D eigenvalue weighted by Crippen LogP contribution is -2.50. The minimum Gasteiger partial charge on any atom is -0.338 e. The molecule has 2 heterocycles. The van der Waals surface area contributed by atoms with Gasteiger partial charge in [-0.3, -0.25) is 0 Å². The molecule has 0 bridgehead atoms. The lowest BCUT2D eigenvalue weighted by Gasteiger charge is -2.33. The predicted octanol–water partition coefficient (Wildman–Crippen LogP) is -0.0736. The third-order valence-electron chi connectivity index (χ3n) is 3.38. The molecule has 21 heavy (non-hydrogen) atoms. The molecule has 7 nitrogen and oxygen atoms in total. The van der Waals surface area contributed by atoms with Gasteiger partial charge in [0.25, 0.3) is 0 Å². The molecule has 0 radical (unpaired) electrons. The average molecular weight is 313 g/mol. The lowest BCUT2D eigenvalue weighted by atomic mass is 10.4. The van der Waals surface area contributed by atoms with Crippen LogP contribution >= 0.6 is 0 Å². The molecular weight excluding hydrogens is 290 g/mol. The summed E-state index contributed by atoms with van der Waals surface area (Å²) in [6.45, 7) is 6.73. The summed E-state index contributed by atoms with van der Waals surface area (Å²) in [6, 6.07) is 2.07. The maximum atomic E-state index is 12.2. The molecule has 0 spiro atoms. The fourth-order valence-electron chi connectivity index (χ4n) is 2.23. The molecule has 1 aromatic rings. The number of rotatable bonds is 6. The summed E-state index contributed by atoms with van der Waals surface area (Å²) < 4.78 is 26.1. The zero-order valence-corrected chi connectivity index (χ0v) is 13.4. The highest BCUT2D eigenvalue weighted by Gasteiger charge is 2.27. The van der Waals surface area contributed by atoms with Gasteiger partial charge >= 0.3 is 0 Å². The van der Waals surface area contributed by atoms with E-state index in [-0.39, 0.29) is 5.75 Å². The summed E-state index contributed by atoms with van der Waals surface area (Å²) >= 11 is 0. The van der Waals surface area contributed by atoms with E-state index < -0.39 is 10.0 Å². The predicted molar refractivity (Wildman–Crippen MR) is 82.7 cm³/mol. The van der Waals surface area contributed by atoms with Gasteiger partial charge in [0.15, 0.2) is 0 Å². The second-order valence-electron chi connectivity index (χ2n) is 5.36. The number of anilines is 1. The molecule has 1 N–H and O–H groups in total. The summed E-state index contributed by atoms with van der Waals surface area (Å²) in [5.41, 5.74) is 0. The van der Waals surface area contributed by atoms with Crippen molar-refractivity contribution in [2.45, 2.75) is 19.9 Å². The first-order chi connectivity index (χ1) is 9.99. The van der Waals surface area contributed by atoms with Gasteiger partial charge in [0.2, 0.25) is 16.0 Å². The molecular formula is C13H23N5O2S. The first-order valence-electron chi connectivity index (χ1n) is 7.22. The van der Waals surface area contributed by atoms with Crippen LogP contribution in [-0.2, 0) is 10.0 Å². The van der Waals surface area contributed by atoms with Crippen molar-refractivity contribution in [2.75, 3.05) is 43.4 Å². The van der Waals surface area contributed by atoms with E-state index in [2.05, 4.69) is 15.3 Å². The Hall–Kier alpha value is -1.25. The van der Waals surface area contributed by atoms with E-state index in [1.165, 1.54) is 0 Å². The lowest BCUT2D eigenvalue weighted by molar-refractivity contribution is 0.381. The second-order valence-corrected chi connectivity index (χ2v) is 7.45. The van der Waals surface area contributed by atoms with Gasteiger partial charge in [-0.05, 0) is 6.07 Å². The van der Waals surface area contributed by atoms with Crippen LogP contribution in [0.5, 0.6) is 0 Å². The maximum absolute atomic E-state index is 12.2. The zero-order chi connectivity index (χ0) is 15.3. The van der Waals surface area contributed by atoms with Crippen molar-refractivity contribution < 1.29 is 8.42 Å². The Kier molecular flexibility index (Phi) is 5.49. The minimum atomic E-state index is -3.18. The Morgan fingerprint density at radius 3 is 2.38 bits per heavy atom. The topological polar surface area (TPSA) is 78.4 Å². The minimum absolute atomic E-state index is 0.146. The standard InChI is InChI=1S/C13H23N5O2S/c1-12(2)14-6-11-21(19,20)18-9-7-17(8-10-18)13-15-4-3-5-16-13/h3-5,12,14H,6-11H2,1-2H3. The average Bonchev–Trinajstić information content (AvgIpc) is 2.48. The molecule has 8 heteroatoms. The van der Waals surface area contributed by atoms with Crippen molar-refractivity contribution in [3.63, 3.8) is 0 Å². The van der Waals surface area contributed by atoms with E-state index in [0.717, 1.165) is 0 Å². The second kappa shape index (κ2) is 7.15. The largest absolute Gasteiger partial charge is 0.338 e. The van der Waals surface area contributed by atoms with Crippen molar-refractivity contribution in [3.8, 4) is 0 Å². The van der Waals surface area contributed by atoms with E-state index in [1.54, 1.807) is 22.8 Å². The molecule has 0 aromatic carbocycles. The molecule has 2 rings (SSSR count). The van der Waals surface area contributed by atoms with Gasteiger partial charge in [-0.1, -0.05) is 13.8 Å². The van der Waals surface area contributed by atoms with Crippen LogP contribution in [0.3, 0.4) is 0 Å². The molecule has 0 saturated carbocycles. The third kappa shape index (κ3) is 4.62. The molecule has 0 atom stereocenters. The van der Waals surface area contributed by atoms with E-state index in [1.807, 2.05) is 18.7 Å². The number of nitrogens with one attached hydrogen (secondary N) is 1. The Balaban J connectivity index is 1.85. The first kappa shape index (κ1) is 16.1. The molecule has 0 unspecified atom stereocenters. The van der Waals surface area contributed by atoms with Gasteiger partial charge < -0.3 is 10.2 Å². The van der Waals surface area contributed by atoms with Gasteiger partial charge in [0, 0.05) is 51.2 Å². The Morgan fingerprint density at radius 1 is 1.19 bits per heavy atom. The number of hydrogen-bond donors (Lipinski definition) is 1. The van der Waals surface area contributed by atoms with E-state index >= 15 is 0 Å². The molecule has 0 amide bonds. The number of aromatic nitrogens is 2. The van der Waals surface area contributed by atoms with Gasteiger partial charge in [-0.15, -0.1) is 0 Å². The highest BCUT2D eigenvalue weighted by molar-refractivity contribution is 7.89. The molecule has 1 fully saturated rings. The van der Waals surface area contributed by atoms with Gasteiger partial charge in [-0.25, -0.2) is 18.4 Å². The number of nitrogens with zero attached hydrogens (tertiary/aromatic N) is 4. The smallest absolute Gasteiger partial charge is 0.225 e. The van der Waals surface area contributed by atoms with Crippen molar-refractivity contribution >= 4 is 16.0 Å². The van der Waals surface area contributed by atoms with Crippen molar-refractivity contribution in [3.05, 3.63) is 18.5 Å². The van der Waals surface area contributed by atoms with Crippen LogP contribution in [-0.4, -0.2) is 67.2 Å². The zero-order valence-electron chi connectivity index (χ0n) is 12.6. The van der Waals surface area contributed by atoms with Crippen LogP contribution in [0.25, 0.3) is 0 Å². The summed E-state index contributed by atoms with van der Waals surface area (Å²) in [5, 5.41) is 3.14. The highest BCUT2D eigenvalue weighted by atomic mass is 32.2. The van der Waals surface area contributed by atoms with Gasteiger partial charge in [-0.2, -0.15) is 4.31 Å². The van der Waals surface area contributed by atoms with Crippen molar-refractivity contribution in [1.82, 2.24) is 19.6 Å². The Labute approximate surface area is 126 Å². The van der Waals surface area contributed by atoms with Gasteiger partial charge in [0.05, 0.1) is 5.75 Å². The summed E-state index contributed by atoms with van der Waals surface area (Å²) in [4.78, 5) is 10.4. The van der Waals surface area contributed by atoms with Crippen LogP contribution in [0.1, 0.15) is 13.8 Å². The van der Waals surface area contributed by atoms with Crippen LogP contribution < -0.4 is 10.2 Å². The van der Waals surface area contributed by atoms with E-state index in [0.29, 0.717) is 44.7 Å². The summed E-state index contributed by atoms with van der Waals surface area (Å²) in [5.74, 6) is 0.809. The SMILES string of the molecule is CC(C)NCCS(=O)(=O)N1CCN(c2ncccn2)CC1. The monoisotopic (exact) mass is 313 g/mol. The maximum Gasteiger partial charge on any atom is 0.225 e. The quantitative estimate of drug-likeness (QED) is 0.792. The normalized spacial score (nSPS) is 17.4. The third-order valence-corrected chi connectivity index (χ3v) is 5.25. The molecule has 1 aliphatic heterocycles. The summed E-state index contributed by atoms with van der Waals surface area (Å²) in [6.07, 6.45) is 3.39. The molecule has 1 aliphatic rings. The first-order valence-corrected chi connectivity index (χ1v) is 8.83. The van der Waals surface area contributed by atoms with Crippen LogP contribution in [0.4, 0.5) is 5.95 Å². The number of hydrogen-bond acceptors (Lipinski definition) is 6. The molecule has 1 saturated heterocycles. The van der Waals surface area contributed by atoms with Gasteiger partial charge in [0.1, 0.15) is 0 Å². The number of sulfonamides is 1. The van der Waals surface area contributed by atoms with E-state index in [9.17, 15) is 8.42 Å². The summed E-state index contributed by atoms with van der Waals surface area (Å²) in [7, 11) is -3.18. The molecule has 118 valence electrons. The number of piperazine rings is 1. The Bertz CT molecular complexity index is 527. The Morgan fingerprint density at radius 2 is 1.81 bits per heavy atom. The van der Waals surface area contributed by atoms with Crippen LogP contribution in [0.2, 0.25) is 0 Å².